The number of carbonyl (C=O) groups is 2. The van der Waals surface area contributed by atoms with Crippen LogP contribution in [0.1, 0.15) is 18.0 Å². The van der Waals surface area contributed by atoms with Gasteiger partial charge in [-0.05, 0) is 42.8 Å². The van der Waals surface area contributed by atoms with Crippen LogP contribution in [-0.2, 0) is 9.53 Å². The normalized spacial score (nSPS) is 18.3. The summed E-state index contributed by atoms with van der Waals surface area (Å²) in [4.78, 5) is 26.4. The van der Waals surface area contributed by atoms with Crippen molar-refractivity contribution in [1.29, 1.82) is 0 Å². The van der Waals surface area contributed by atoms with Crippen LogP contribution in [-0.4, -0.2) is 75.1 Å². The minimum Gasteiger partial charge on any atom is -0.468 e. The maximum Gasteiger partial charge on any atom is 0.344 e. The summed E-state index contributed by atoms with van der Waals surface area (Å²) in [5, 5.41) is 21.7. The molecule has 3 heterocycles. The van der Waals surface area contributed by atoms with Gasteiger partial charge in [0.05, 0.1) is 49.8 Å². The molecule has 2 aromatic carbocycles. The fourth-order valence-electron chi connectivity index (χ4n) is 4.80. The Balaban J connectivity index is 1.40. The highest BCUT2D eigenvalue weighted by Gasteiger charge is 2.40. The van der Waals surface area contributed by atoms with Gasteiger partial charge in [0.2, 0.25) is 0 Å². The molecule has 3 aromatic rings. The Morgan fingerprint density at radius 2 is 1.81 bits per heavy atom. The molecule has 2 aliphatic heterocycles. The minimum absolute atomic E-state index is 0.301. The van der Waals surface area contributed by atoms with Crippen molar-refractivity contribution in [2.75, 3.05) is 26.9 Å². The van der Waals surface area contributed by atoms with Gasteiger partial charge in [-0.1, -0.05) is 41.6 Å². The van der Waals surface area contributed by atoms with Crippen LogP contribution >= 0.6 is 7.26 Å². The average molecular weight is 519 g/mol. The number of hydrogen-bond donors (Lipinski definition) is 1. The fourth-order valence-corrected chi connectivity index (χ4v) is 7.57. The molecule has 0 saturated carbocycles. The monoisotopic (exact) mass is 518 g/mol. The number of fused-ring (bicyclic) bond motifs is 2. The summed E-state index contributed by atoms with van der Waals surface area (Å²) >= 11 is 0. The highest BCUT2D eigenvalue weighted by molar-refractivity contribution is 7.91. The Morgan fingerprint density at radius 3 is 2.41 bits per heavy atom. The van der Waals surface area contributed by atoms with Gasteiger partial charge in [-0.15, -0.1) is 5.10 Å². The molecule has 0 radical (unpaired) electrons. The van der Waals surface area contributed by atoms with Crippen molar-refractivity contribution in [2.24, 2.45) is 0 Å². The van der Waals surface area contributed by atoms with Crippen LogP contribution in [0.25, 0.3) is 5.70 Å². The van der Waals surface area contributed by atoms with Gasteiger partial charge in [0.15, 0.2) is 0 Å². The lowest BCUT2D eigenvalue weighted by atomic mass is 10.0. The van der Waals surface area contributed by atoms with Crippen molar-refractivity contribution >= 4 is 35.6 Å². The first-order valence-corrected chi connectivity index (χ1v) is 14.3. The molecule has 0 aliphatic carbocycles. The molecule has 2 aliphatic rings. The predicted molar refractivity (Wildman–Crippen MR) is 142 cm³/mol. The molecule has 9 nitrogen and oxygen atoms in total. The summed E-state index contributed by atoms with van der Waals surface area (Å²) < 4.78 is 6.66. The molecule has 1 fully saturated rings. The average Bonchev–Trinajstić information content (AvgIpc) is 3.51. The number of amides is 2. The second-order valence-electron chi connectivity index (χ2n) is 9.26. The molecule has 2 unspecified atom stereocenters. The number of allylic oxidation sites excluding steroid dienone is 1. The molecule has 10 heteroatoms. The molecule has 2 amide bonds. The van der Waals surface area contributed by atoms with E-state index in [1.807, 2.05) is 42.5 Å². The van der Waals surface area contributed by atoms with Crippen molar-refractivity contribution in [2.45, 2.75) is 18.4 Å². The van der Waals surface area contributed by atoms with Gasteiger partial charge in [0.25, 0.3) is 0 Å². The molecule has 2 bridgehead atoms. The van der Waals surface area contributed by atoms with E-state index < -0.39 is 31.2 Å². The number of rotatable bonds is 8. The number of carbonyl (C=O) groups excluding carboxylic acids is 2. The third kappa shape index (κ3) is 4.80. The molecular weight excluding hydrogens is 489 g/mol. The SMILES string of the molecule is COC(=O)C(C/C=C/[P+](C)(c1ccccc1)c1ccccc1)c1cn(C2=CC3CN(C2)C(=O)N3O)nn1. The summed E-state index contributed by atoms with van der Waals surface area (Å²) in [5.74, 6) is 1.20. The maximum absolute atomic E-state index is 12.8. The molecule has 190 valence electrons. The van der Waals surface area contributed by atoms with Gasteiger partial charge in [-0.2, -0.15) is 5.06 Å². The lowest BCUT2D eigenvalue weighted by molar-refractivity contribution is -0.142. The van der Waals surface area contributed by atoms with Crippen molar-refractivity contribution in [3.8, 4) is 0 Å². The van der Waals surface area contributed by atoms with Gasteiger partial charge >= 0.3 is 12.0 Å². The lowest BCUT2D eigenvalue weighted by Gasteiger charge is -2.20. The number of urea groups is 1. The smallest absolute Gasteiger partial charge is 0.344 e. The molecular formula is C27H29N5O4P+. The maximum atomic E-state index is 12.8. The molecule has 1 N–H and O–H groups in total. The van der Waals surface area contributed by atoms with Gasteiger partial charge in [-0.25, -0.2) is 9.48 Å². The Hall–Kier alpha value is -3.81. The quantitative estimate of drug-likeness (QED) is 0.280. The highest BCUT2D eigenvalue weighted by Crippen LogP contribution is 2.54. The first-order chi connectivity index (χ1) is 17.9. The Labute approximate surface area is 215 Å². The number of aromatic nitrogens is 3. The second-order valence-corrected chi connectivity index (χ2v) is 12.7. The van der Waals surface area contributed by atoms with Gasteiger partial charge in [-0.3, -0.25) is 10.0 Å². The zero-order valence-corrected chi connectivity index (χ0v) is 21.6. The molecule has 1 aromatic heterocycles. The minimum atomic E-state index is -1.84. The Bertz CT molecular complexity index is 1300. The van der Waals surface area contributed by atoms with Crippen LogP contribution in [0.4, 0.5) is 4.79 Å². The van der Waals surface area contributed by atoms with Crippen LogP contribution in [0.2, 0.25) is 0 Å². The van der Waals surface area contributed by atoms with E-state index in [9.17, 15) is 14.8 Å². The number of ether oxygens (including phenoxy) is 1. The van der Waals surface area contributed by atoms with E-state index in [1.54, 1.807) is 21.9 Å². The van der Waals surface area contributed by atoms with Crippen molar-refractivity contribution in [1.82, 2.24) is 25.0 Å². The predicted octanol–water partition coefficient (Wildman–Crippen LogP) is 3.09. The standard InChI is InChI=1S/C27H29N5O4P/c1-36-26(33)24(25-19-31(29-28-25)20-16-21-18-30(17-20)27(34)32(21)35)14-9-15-37(2,22-10-5-3-6-11-22)23-12-7-4-8-13-23/h3-13,15-16,19,21,24,35H,14,17-18H2,1-2H3/q+1/b15-9+. The number of methoxy groups -OCH3 is 1. The number of hydrogen-bond acceptors (Lipinski definition) is 6. The Kier molecular flexibility index (Phi) is 6.91. The van der Waals surface area contributed by atoms with E-state index in [4.69, 9.17) is 4.74 Å². The van der Waals surface area contributed by atoms with Crippen LogP contribution < -0.4 is 10.6 Å². The summed E-state index contributed by atoms with van der Waals surface area (Å²) in [6, 6.07) is 19.9. The lowest BCUT2D eigenvalue weighted by Crippen LogP contribution is -2.31. The van der Waals surface area contributed by atoms with Crippen LogP contribution in [0, 0.1) is 0 Å². The van der Waals surface area contributed by atoms with Gasteiger partial charge < -0.3 is 9.64 Å². The number of nitrogens with zero attached hydrogens (tertiary/aromatic N) is 5. The van der Waals surface area contributed by atoms with Crippen LogP contribution in [0.15, 0.2) is 84.8 Å². The molecule has 2 atom stereocenters. The van der Waals surface area contributed by atoms with Gasteiger partial charge in [0, 0.05) is 6.54 Å². The molecule has 37 heavy (non-hydrogen) atoms. The van der Waals surface area contributed by atoms with Crippen molar-refractivity contribution in [3.63, 3.8) is 0 Å². The first kappa shape index (κ1) is 24.9. The first-order valence-electron chi connectivity index (χ1n) is 12.0. The van der Waals surface area contributed by atoms with E-state index >= 15 is 0 Å². The molecule has 0 spiro atoms. The summed E-state index contributed by atoms with van der Waals surface area (Å²) in [5.41, 5.74) is 1.20. The van der Waals surface area contributed by atoms with Gasteiger partial charge in [0.1, 0.15) is 23.8 Å². The van der Waals surface area contributed by atoms with Crippen molar-refractivity contribution < 1.29 is 19.5 Å². The van der Waals surface area contributed by atoms with E-state index in [-0.39, 0.29) is 0 Å². The van der Waals surface area contributed by atoms with E-state index in [1.165, 1.54) is 17.7 Å². The number of benzene rings is 2. The fraction of sp³-hybridized carbons (Fsp3) is 0.259. The zero-order valence-electron chi connectivity index (χ0n) is 20.7. The summed E-state index contributed by atoms with van der Waals surface area (Å²) in [7, 11) is -0.479. The van der Waals surface area contributed by atoms with Crippen molar-refractivity contribution in [3.05, 3.63) is 90.5 Å². The zero-order chi connectivity index (χ0) is 26.0. The summed E-state index contributed by atoms with van der Waals surface area (Å²) in [6.07, 6.45) is 5.93. The largest absolute Gasteiger partial charge is 0.468 e. The number of esters is 1. The van der Waals surface area contributed by atoms with E-state index in [0.717, 1.165) is 5.06 Å². The number of hydroxylamine groups is 2. The Morgan fingerprint density at radius 1 is 1.16 bits per heavy atom. The van der Waals surface area contributed by atoms with E-state index in [0.29, 0.717) is 30.9 Å². The van der Waals surface area contributed by atoms with Crippen LogP contribution in [0.5, 0.6) is 0 Å². The highest BCUT2D eigenvalue weighted by atomic mass is 31.2. The molecule has 5 rings (SSSR count). The van der Waals surface area contributed by atoms with Crippen LogP contribution in [0.3, 0.4) is 0 Å². The second kappa shape index (κ2) is 10.3. The third-order valence-corrected chi connectivity index (χ3v) is 10.5. The summed E-state index contributed by atoms with van der Waals surface area (Å²) in [6.45, 7) is 3.00. The topological polar surface area (TPSA) is 101 Å². The molecule has 1 saturated heterocycles. The third-order valence-electron chi connectivity index (χ3n) is 6.93. The van der Waals surface area contributed by atoms with E-state index in [2.05, 4.69) is 47.1 Å².